The molecule has 2 aromatic heterocycles. The Kier molecular flexibility index (Phi) is 8.87. The van der Waals surface area contributed by atoms with Crippen molar-refractivity contribution in [2.24, 2.45) is 5.18 Å². The summed E-state index contributed by atoms with van der Waals surface area (Å²) in [5.41, 5.74) is 4.10. The number of benzene rings is 3. The van der Waals surface area contributed by atoms with Gasteiger partial charge in [-0.1, -0.05) is 35.9 Å². The summed E-state index contributed by atoms with van der Waals surface area (Å²) in [6, 6.07) is 22.6. The average molecular weight is 624 g/mol. The molecule has 0 aliphatic carbocycles. The van der Waals surface area contributed by atoms with Crippen LogP contribution in [0.4, 0.5) is 4.39 Å². The van der Waals surface area contributed by atoms with E-state index in [1.165, 1.54) is 29.5 Å². The number of nitroso groups, excluding NO2 is 1. The van der Waals surface area contributed by atoms with Crippen molar-refractivity contribution in [2.45, 2.75) is 31.7 Å². The number of aromatic nitrogens is 1. The summed E-state index contributed by atoms with van der Waals surface area (Å²) in [7, 11) is 0. The second-order valence-corrected chi connectivity index (χ2v) is 12.5. The summed E-state index contributed by atoms with van der Waals surface area (Å²) in [4.78, 5) is 23.6. The average Bonchev–Trinajstić information content (AvgIpc) is 3.61. The minimum absolute atomic E-state index is 0.0972. The number of hydrogen-bond acceptors (Lipinski definition) is 7. The molecule has 11 heteroatoms. The van der Waals surface area contributed by atoms with Gasteiger partial charge in [-0.3, -0.25) is 10.2 Å². The lowest BCUT2D eigenvalue weighted by molar-refractivity contribution is -0.111. The molecule has 0 bridgehead atoms. The maximum Gasteiger partial charge on any atom is 0.334 e. The Bertz CT molecular complexity index is 1990. The summed E-state index contributed by atoms with van der Waals surface area (Å²) in [5.74, 6) is -1.69. The first-order valence-corrected chi connectivity index (χ1v) is 15.5. The molecular weight excluding hydrogens is 598 g/mol. The van der Waals surface area contributed by atoms with E-state index < -0.39 is 28.8 Å². The molecule has 0 aliphatic rings. The van der Waals surface area contributed by atoms with Gasteiger partial charge in [0.05, 0.1) is 5.52 Å². The van der Waals surface area contributed by atoms with Crippen LogP contribution in [0.5, 0.6) is 0 Å². The Morgan fingerprint density at radius 1 is 1.16 bits per heavy atom. The number of nitrogens with one attached hydrogen (secondary N) is 2. The maximum atomic E-state index is 14.8. The number of amides is 1. The minimum Gasteiger partial charge on any atom is -0.587 e. The molecule has 0 saturated heterocycles. The normalized spacial score (nSPS) is 12.2. The highest BCUT2D eigenvalue weighted by molar-refractivity contribution is 7.90. The summed E-state index contributed by atoms with van der Waals surface area (Å²) < 4.78 is 30.9. The predicted molar refractivity (Wildman–Crippen MR) is 173 cm³/mol. The van der Waals surface area contributed by atoms with Gasteiger partial charge in [0.15, 0.2) is 4.90 Å². The van der Waals surface area contributed by atoms with Crippen molar-refractivity contribution in [1.82, 2.24) is 9.29 Å². The van der Waals surface area contributed by atoms with Gasteiger partial charge in [-0.15, -0.1) is 16.2 Å². The van der Waals surface area contributed by atoms with Gasteiger partial charge in [0.25, 0.3) is 0 Å². The molecule has 0 radical (unpaired) electrons. The van der Waals surface area contributed by atoms with E-state index in [0.29, 0.717) is 54.3 Å². The highest BCUT2D eigenvalue weighted by Crippen LogP contribution is 2.45. The summed E-state index contributed by atoms with van der Waals surface area (Å²) >= 11 is -0.528. The van der Waals surface area contributed by atoms with E-state index in [4.69, 9.17) is 5.41 Å². The number of nitrogens with zero attached hydrogens (tertiary/aromatic N) is 3. The van der Waals surface area contributed by atoms with Crippen LogP contribution >= 0.6 is 11.3 Å². The van der Waals surface area contributed by atoms with Crippen molar-refractivity contribution in [2.75, 3.05) is 0 Å². The molecule has 5 aromatic rings. The Morgan fingerprint density at radius 3 is 2.59 bits per heavy atom. The lowest BCUT2D eigenvalue weighted by atomic mass is 9.97. The van der Waals surface area contributed by atoms with Crippen LogP contribution in [0.25, 0.3) is 39.0 Å². The highest BCUT2D eigenvalue weighted by atomic mass is 32.2. The number of halogens is 1. The van der Waals surface area contributed by atoms with Gasteiger partial charge >= 0.3 is 5.91 Å². The Balaban J connectivity index is 1.85. The van der Waals surface area contributed by atoms with Crippen LogP contribution in [0.1, 0.15) is 29.9 Å². The molecule has 1 amide bonds. The zero-order chi connectivity index (χ0) is 31.5. The molecule has 5 rings (SSSR count). The molecule has 2 heterocycles. The van der Waals surface area contributed by atoms with Gasteiger partial charge in [-0.2, -0.15) is 9.23 Å². The molecule has 8 nitrogen and oxygen atoms in total. The van der Waals surface area contributed by atoms with Crippen molar-refractivity contribution in [1.29, 1.82) is 10.7 Å². The molecule has 0 saturated carbocycles. The standard InChI is InChI=1S/C33H26FN5O3S2/c1-19(2)37-28(17-27(36)33(40)38-41)21-5-4-6-22(15-21)32-31(25-13-14-43-30(25)18-35)26-16-23(34)9-12-29(26)39(32)44(42)24-10-7-20(3)8-11-24/h4-17,19,36-37H,1-3H3/b28-17-,36-27?. The van der Waals surface area contributed by atoms with Crippen LogP contribution in [0.15, 0.2) is 94.3 Å². The van der Waals surface area contributed by atoms with Gasteiger partial charge < -0.3 is 9.87 Å². The fraction of sp³-hybridized carbons (Fsp3) is 0.121. The third kappa shape index (κ3) is 5.96. The predicted octanol–water partition coefficient (Wildman–Crippen LogP) is 7.58. The zero-order valence-electron chi connectivity index (χ0n) is 23.9. The van der Waals surface area contributed by atoms with Crippen molar-refractivity contribution in [3.63, 3.8) is 0 Å². The van der Waals surface area contributed by atoms with Crippen molar-refractivity contribution >= 4 is 50.9 Å². The third-order valence-electron chi connectivity index (χ3n) is 6.80. The van der Waals surface area contributed by atoms with E-state index in [1.807, 2.05) is 39.0 Å². The molecule has 0 aliphatic heterocycles. The number of carbonyl (C=O) groups is 1. The SMILES string of the molecule is Cc1ccc([S+]([O-])n2c(-c3cccc(/C(=C/C(=N)C(=O)N=O)NC(C)C)c3)c(-c3ccsc3C#N)c3cc(F)ccc32)cc1. The first-order chi connectivity index (χ1) is 21.1. The molecule has 44 heavy (non-hydrogen) atoms. The maximum absolute atomic E-state index is 14.8. The van der Waals surface area contributed by atoms with Crippen LogP contribution in [0.3, 0.4) is 0 Å². The summed E-state index contributed by atoms with van der Waals surface area (Å²) in [6.07, 6.45) is 1.24. The first-order valence-electron chi connectivity index (χ1n) is 13.5. The second-order valence-electron chi connectivity index (χ2n) is 10.3. The monoisotopic (exact) mass is 623 g/mol. The quantitative estimate of drug-likeness (QED) is 0.0992. The van der Waals surface area contributed by atoms with Gasteiger partial charge in [-0.05, 0) is 80.3 Å². The molecule has 220 valence electrons. The number of hydrogen-bond donors (Lipinski definition) is 2. The van der Waals surface area contributed by atoms with E-state index in [0.717, 1.165) is 5.56 Å². The van der Waals surface area contributed by atoms with Gasteiger partial charge in [0, 0.05) is 39.0 Å². The first kappa shape index (κ1) is 30.6. The smallest absolute Gasteiger partial charge is 0.334 e. The van der Waals surface area contributed by atoms with E-state index in [9.17, 15) is 23.9 Å². The Labute approximate surface area is 260 Å². The van der Waals surface area contributed by atoms with Crippen molar-refractivity contribution in [3.8, 4) is 28.5 Å². The lowest BCUT2D eigenvalue weighted by Gasteiger charge is -2.18. The molecule has 1 atom stereocenters. The number of carbonyl (C=O) groups excluding carboxylic acids is 1. The molecule has 0 fully saturated rings. The fourth-order valence-corrected chi connectivity index (χ4v) is 6.87. The lowest BCUT2D eigenvalue weighted by Crippen LogP contribution is -2.22. The molecule has 0 spiro atoms. The molecular formula is C33H26FN5O3S2. The number of aryl methyl sites for hydroxylation is 1. The molecule has 2 N–H and O–H groups in total. The van der Waals surface area contributed by atoms with E-state index >= 15 is 0 Å². The van der Waals surface area contributed by atoms with E-state index in [1.54, 1.807) is 51.8 Å². The van der Waals surface area contributed by atoms with Crippen LogP contribution in [-0.4, -0.2) is 26.2 Å². The molecule has 1 unspecified atom stereocenters. The highest BCUT2D eigenvalue weighted by Gasteiger charge is 2.30. The van der Waals surface area contributed by atoms with E-state index in [-0.39, 0.29) is 6.04 Å². The minimum atomic E-state index is -1.78. The topological polar surface area (TPSA) is 134 Å². The largest absolute Gasteiger partial charge is 0.587 e. The van der Waals surface area contributed by atoms with Crippen LogP contribution < -0.4 is 5.32 Å². The van der Waals surface area contributed by atoms with Crippen LogP contribution in [0.2, 0.25) is 0 Å². The van der Waals surface area contributed by atoms with Crippen LogP contribution in [0, 0.1) is 34.4 Å². The van der Waals surface area contributed by atoms with Crippen molar-refractivity contribution in [3.05, 3.63) is 111 Å². The third-order valence-corrected chi connectivity index (χ3v) is 9.01. The van der Waals surface area contributed by atoms with Crippen LogP contribution in [-0.2, 0) is 16.2 Å². The Morgan fingerprint density at radius 2 is 1.91 bits per heavy atom. The van der Waals surface area contributed by atoms with Gasteiger partial charge in [0.1, 0.15) is 39.5 Å². The van der Waals surface area contributed by atoms with Gasteiger partial charge in [0.2, 0.25) is 0 Å². The summed E-state index contributed by atoms with van der Waals surface area (Å²) in [6.45, 7) is 5.71. The second kappa shape index (κ2) is 12.8. The fourth-order valence-electron chi connectivity index (χ4n) is 4.90. The zero-order valence-corrected chi connectivity index (χ0v) is 25.6. The summed E-state index contributed by atoms with van der Waals surface area (Å²) in [5, 5.41) is 25.8. The Hall–Kier alpha value is -4.89. The number of nitriles is 1. The number of rotatable bonds is 9. The van der Waals surface area contributed by atoms with E-state index in [2.05, 4.69) is 16.6 Å². The number of thiophene rings is 1. The molecule has 3 aromatic carbocycles. The number of fused-ring (bicyclic) bond motifs is 1. The van der Waals surface area contributed by atoms with Crippen molar-refractivity contribution < 1.29 is 13.7 Å². The van der Waals surface area contributed by atoms with Gasteiger partial charge in [-0.25, -0.2) is 4.39 Å².